The van der Waals surface area contributed by atoms with Gasteiger partial charge < -0.3 is 5.32 Å². The van der Waals surface area contributed by atoms with Crippen LogP contribution in [0.3, 0.4) is 0 Å². The Balaban J connectivity index is 2.14. The number of halogens is 1. The van der Waals surface area contributed by atoms with Crippen molar-refractivity contribution < 1.29 is 0 Å². The fourth-order valence-electron chi connectivity index (χ4n) is 1.84. The van der Waals surface area contributed by atoms with Crippen molar-refractivity contribution in [1.29, 1.82) is 0 Å². The molecule has 0 saturated heterocycles. The zero-order valence-corrected chi connectivity index (χ0v) is 12.8. The summed E-state index contributed by atoms with van der Waals surface area (Å²) >= 11 is 7.89. The Morgan fingerprint density at radius 2 is 1.95 bits per heavy atom. The van der Waals surface area contributed by atoms with Gasteiger partial charge in [-0.1, -0.05) is 48.5 Å². The molecule has 0 aromatic heterocycles. The van der Waals surface area contributed by atoms with Crippen LogP contribution in [-0.4, -0.2) is 6.54 Å². The number of nitrogens with one attached hydrogen (secondary N) is 1. The molecule has 1 nitrogen and oxygen atoms in total. The van der Waals surface area contributed by atoms with Gasteiger partial charge >= 0.3 is 0 Å². The van der Waals surface area contributed by atoms with Crippen LogP contribution >= 0.6 is 23.4 Å². The summed E-state index contributed by atoms with van der Waals surface area (Å²) in [5.41, 5.74) is 2.67. The molecule has 0 saturated carbocycles. The second-order valence-electron chi connectivity index (χ2n) is 4.40. The Kier molecular flexibility index (Phi) is 5.32. The molecule has 2 aromatic carbocycles. The van der Waals surface area contributed by atoms with Gasteiger partial charge in [-0.15, -0.1) is 0 Å². The predicted molar refractivity (Wildman–Crippen MR) is 84.1 cm³/mol. The maximum Gasteiger partial charge on any atom is 0.0545 e. The smallest absolute Gasteiger partial charge is 0.0545 e. The van der Waals surface area contributed by atoms with Gasteiger partial charge in [0, 0.05) is 16.3 Å². The van der Waals surface area contributed by atoms with Crippen LogP contribution in [0.2, 0.25) is 5.02 Å². The van der Waals surface area contributed by atoms with Gasteiger partial charge in [0.2, 0.25) is 0 Å². The zero-order chi connectivity index (χ0) is 13.7. The third kappa shape index (κ3) is 4.00. The van der Waals surface area contributed by atoms with E-state index in [0.717, 1.165) is 23.0 Å². The van der Waals surface area contributed by atoms with E-state index in [9.17, 15) is 0 Å². The van der Waals surface area contributed by atoms with E-state index >= 15 is 0 Å². The summed E-state index contributed by atoms with van der Waals surface area (Å²) in [5.74, 6) is 0. The topological polar surface area (TPSA) is 12.0 Å². The lowest BCUT2D eigenvalue weighted by Gasteiger charge is -2.09. The standard InChI is InChI=1S/C16H18ClNS/c1-3-18-11-13-8-9-14(10-12(13)2)19-16-7-5-4-6-15(16)17/h4-10,18H,3,11H2,1-2H3. The fraction of sp³-hybridized carbons (Fsp3) is 0.250. The van der Waals surface area contributed by atoms with E-state index in [1.54, 1.807) is 11.8 Å². The SMILES string of the molecule is CCNCc1ccc(Sc2ccccc2Cl)cc1C. The van der Waals surface area contributed by atoms with Crippen LogP contribution in [0.25, 0.3) is 0 Å². The van der Waals surface area contributed by atoms with Crippen LogP contribution in [0, 0.1) is 6.92 Å². The summed E-state index contributed by atoms with van der Waals surface area (Å²) < 4.78 is 0. The summed E-state index contributed by atoms with van der Waals surface area (Å²) in [7, 11) is 0. The molecule has 0 fully saturated rings. The van der Waals surface area contributed by atoms with Crippen molar-refractivity contribution in [3.63, 3.8) is 0 Å². The first-order valence-corrected chi connectivity index (χ1v) is 7.62. The predicted octanol–water partition coefficient (Wildman–Crippen LogP) is 4.91. The van der Waals surface area contributed by atoms with E-state index in [-0.39, 0.29) is 0 Å². The van der Waals surface area contributed by atoms with Crippen molar-refractivity contribution in [2.75, 3.05) is 6.54 Å². The van der Waals surface area contributed by atoms with E-state index in [4.69, 9.17) is 11.6 Å². The molecule has 0 spiro atoms. The highest BCUT2D eigenvalue weighted by atomic mass is 35.5. The molecule has 1 N–H and O–H groups in total. The lowest BCUT2D eigenvalue weighted by atomic mass is 10.1. The van der Waals surface area contributed by atoms with Gasteiger partial charge in [-0.3, -0.25) is 0 Å². The molecular weight excluding hydrogens is 274 g/mol. The van der Waals surface area contributed by atoms with Crippen molar-refractivity contribution >= 4 is 23.4 Å². The second kappa shape index (κ2) is 6.99. The molecule has 0 unspecified atom stereocenters. The first-order chi connectivity index (χ1) is 9.20. The average molecular weight is 292 g/mol. The molecule has 0 aliphatic heterocycles. The van der Waals surface area contributed by atoms with Crippen molar-refractivity contribution in [3.8, 4) is 0 Å². The molecule has 2 rings (SSSR count). The molecule has 0 aliphatic carbocycles. The third-order valence-electron chi connectivity index (χ3n) is 2.94. The monoisotopic (exact) mass is 291 g/mol. The lowest BCUT2D eigenvalue weighted by Crippen LogP contribution is -2.12. The lowest BCUT2D eigenvalue weighted by molar-refractivity contribution is 0.723. The fourth-order valence-corrected chi connectivity index (χ4v) is 3.03. The highest BCUT2D eigenvalue weighted by molar-refractivity contribution is 7.99. The summed E-state index contributed by atoms with van der Waals surface area (Å²) in [6, 6.07) is 14.5. The Morgan fingerprint density at radius 3 is 2.63 bits per heavy atom. The highest BCUT2D eigenvalue weighted by Crippen LogP contribution is 2.33. The van der Waals surface area contributed by atoms with Crippen LogP contribution in [0.15, 0.2) is 52.3 Å². The van der Waals surface area contributed by atoms with Gasteiger partial charge in [-0.05, 0) is 48.9 Å². The van der Waals surface area contributed by atoms with Gasteiger partial charge in [0.15, 0.2) is 0 Å². The van der Waals surface area contributed by atoms with Crippen LogP contribution in [0.4, 0.5) is 0 Å². The number of aryl methyl sites for hydroxylation is 1. The molecule has 3 heteroatoms. The molecular formula is C16H18ClNS. The van der Waals surface area contributed by atoms with Gasteiger partial charge in [0.25, 0.3) is 0 Å². The molecule has 100 valence electrons. The Labute approximate surface area is 124 Å². The molecule has 0 bridgehead atoms. The van der Waals surface area contributed by atoms with E-state index in [0.29, 0.717) is 0 Å². The van der Waals surface area contributed by atoms with E-state index in [1.807, 2.05) is 18.2 Å². The molecule has 0 aliphatic rings. The van der Waals surface area contributed by atoms with Crippen molar-refractivity contribution in [3.05, 3.63) is 58.6 Å². The van der Waals surface area contributed by atoms with E-state index < -0.39 is 0 Å². The van der Waals surface area contributed by atoms with Gasteiger partial charge in [0.1, 0.15) is 0 Å². The maximum absolute atomic E-state index is 6.18. The van der Waals surface area contributed by atoms with Gasteiger partial charge in [-0.25, -0.2) is 0 Å². The minimum Gasteiger partial charge on any atom is -0.313 e. The maximum atomic E-state index is 6.18. The van der Waals surface area contributed by atoms with Crippen molar-refractivity contribution in [2.24, 2.45) is 0 Å². The normalized spacial score (nSPS) is 10.7. The quantitative estimate of drug-likeness (QED) is 0.840. The summed E-state index contributed by atoms with van der Waals surface area (Å²) in [4.78, 5) is 2.33. The Morgan fingerprint density at radius 1 is 1.16 bits per heavy atom. The van der Waals surface area contributed by atoms with Crippen molar-refractivity contribution in [2.45, 2.75) is 30.2 Å². The van der Waals surface area contributed by atoms with Crippen molar-refractivity contribution in [1.82, 2.24) is 5.32 Å². The summed E-state index contributed by atoms with van der Waals surface area (Å²) in [5, 5.41) is 4.16. The minimum absolute atomic E-state index is 0.807. The third-order valence-corrected chi connectivity index (χ3v) is 4.45. The molecule has 0 radical (unpaired) electrons. The first-order valence-electron chi connectivity index (χ1n) is 6.43. The zero-order valence-electron chi connectivity index (χ0n) is 11.2. The number of benzene rings is 2. The summed E-state index contributed by atoms with van der Waals surface area (Å²) in [6.07, 6.45) is 0. The largest absolute Gasteiger partial charge is 0.313 e. The molecule has 19 heavy (non-hydrogen) atoms. The number of rotatable bonds is 5. The number of hydrogen-bond donors (Lipinski definition) is 1. The van der Waals surface area contributed by atoms with Crippen LogP contribution in [0.1, 0.15) is 18.1 Å². The van der Waals surface area contributed by atoms with Gasteiger partial charge in [0.05, 0.1) is 5.02 Å². The Bertz CT molecular complexity index is 554. The second-order valence-corrected chi connectivity index (χ2v) is 5.92. The minimum atomic E-state index is 0.807. The molecule has 0 atom stereocenters. The Hall–Kier alpha value is -0.960. The van der Waals surface area contributed by atoms with Crippen LogP contribution in [0.5, 0.6) is 0 Å². The average Bonchev–Trinajstić information content (AvgIpc) is 2.40. The van der Waals surface area contributed by atoms with Crippen LogP contribution < -0.4 is 5.32 Å². The first kappa shape index (κ1) is 14.4. The highest BCUT2D eigenvalue weighted by Gasteiger charge is 2.04. The van der Waals surface area contributed by atoms with Crippen LogP contribution in [-0.2, 0) is 6.54 Å². The summed E-state index contributed by atoms with van der Waals surface area (Å²) in [6.45, 7) is 6.20. The number of hydrogen-bond acceptors (Lipinski definition) is 2. The van der Waals surface area contributed by atoms with E-state index in [1.165, 1.54) is 16.0 Å². The molecule has 0 heterocycles. The molecule has 2 aromatic rings. The van der Waals surface area contributed by atoms with Gasteiger partial charge in [-0.2, -0.15) is 0 Å². The molecule has 0 amide bonds. The van der Waals surface area contributed by atoms with E-state index in [2.05, 4.69) is 43.4 Å².